The molecule has 0 aliphatic carbocycles. The lowest BCUT2D eigenvalue weighted by molar-refractivity contribution is -0.385. The van der Waals surface area contributed by atoms with Gasteiger partial charge < -0.3 is 9.47 Å². The second kappa shape index (κ2) is 11.3. The van der Waals surface area contributed by atoms with Gasteiger partial charge in [-0.05, 0) is 61.0 Å². The summed E-state index contributed by atoms with van der Waals surface area (Å²) in [5.74, 6) is 1.34. The summed E-state index contributed by atoms with van der Waals surface area (Å²) in [6, 6.07) is 21.5. The Kier molecular flexibility index (Phi) is 7.19. The van der Waals surface area contributed by atoms with Gasteiger partial charge in [0.15, 0.2) is 11.6 Å². The fourth-order valence-electron chi connectivity index (χ4n) is 4.43. The first-order valence-corrected chi connectivity index (χ1v) is 13.9. The number of nitrogens with zero attached hydrogens (tertiary/aromatic N) is 6. The number of aromatic nitrogens is 5. The highest BCUT2D eigenvalue weighted by molar-refractivity contribution is 7.15. The SMILES string of the molecule is CCCOc1ccc(-c2nc3s/c(=C\c4cn(-c5ccccc5)nc4-c4ccc(OC)c([N+](=O)[O-])c4)c(=O)n3n2)cc1. The topological polar surface area (TPSA) is 127 Å². The molecule has 0 amide bonds. The maximum Gasteiger partial charge on any atom is 0.311 e. The molecule has 42 heavy (non-hydrogen) atoms. The van der Waals surface area contributed by atoms with Crippen molar-refractivity contribution in [3.8, 4) is 39.8 Å². The molecule has 6 aromatic rings. The van der Waals surface area contributed by atoms with Gasteiger partial charge in [-0.1, -0.05) is 36.5 Å². The summed E-state index contributed by atoms with van der Waals surface area (Å²) in [6.45, 7) is 2.68. The van der Waals surface area contributed by atoms with Crippen molar-refractivity contribution in [1.29, 1.82) is 0 Å². The minimum absolute atomic E-state index is 0.142. The van der Waals surface area contributed by atoms with Crippen LogP contribution in [0.3, 0.4) is 0 Å². The summed E-state index contributed by atoms with van der Waals surface area (Å²) in [5.41, 5.74) is 2.63. The first-order chi connectivity index (χ1) is 20.4. The van der Waals surface area contributed by atoms with E-state index in [1.807, 2.05) is 61.5 Å². The van der Waals surface area contributed by atoms with Gasteiger partial charge in [0.25, 0.3) is 5.56 Å². The van der Waals surface area contributed by atoms with Crippen LogP contribution in [0.5, 0.6) is 11.5 Å². The number of fused-ring (bicyclic) bond motifs is 1. The number of rotatable bonds is 9. The zero-order valence-electron chi connectivity index (χ0n) is 22.6. The first-order valence-electron chi connectivity index (χ1n) is 13.1. The first kappa shape index (κ1) is 26.8. The fraction of sp³-hybridized carbons (Fsp3) is 0.133. The largest absolute Gasteiger partial charge is 0.494 e. The van der Waals surface area contributed by atoms with Crippen LogP contribution in [0, 0.1) is 10.1 Å². The van der Waals surface area contributed by atoms with Gasteiger partial charge >= 0.3 is 5.69 Å². The predicted molar refractivity (Wildman–Crippen MR) is 159 cm³/mol. The monoisotopic (exact) mass is 580 g/mol. The quantitative estimate of drug-likeness (QED) is 0.174. The van der Waals surface area contributed by atoms with Crippen LogP contribution in [0.15, 0.2) is 83.8 Å². The van der Waals surface area contributed by atoms with E-state index in [9.17, 15) is 14.9 Å². The average Bonchev–Trinajstić information content (AvgIpc) is 3.71. The fourth-order valence-corrected chi connectivity index (χ4v) is 5.33. The van der Waals surface area contributed by atoms with Gasteiger partial charge in [0.05, 0.1) is 28.9 Å². The van der Waals surface area contributed by atoms with Crippen molar-refractivity contribution in [2.75, 3.05) is 13.7 Å². The Labute approximate surface area is 243 Å². The third-order valence-electron chi connectivity index (χ3n) is 6.47. The number of methoxy groups -OCH3 is 1. The molecule has 3 aromatic carbocycles. The molecule has 0 spiro atoms. The maximum absolute atomic E-state index is 13.4. The molecule has 0 atom stereocenters. The Morgan fingerprint density at radius 3 is 2.48 bits per heavy atom. The van der Waals surface area contributed by atoms with Crippen molar-refractivity contribution in [1.82, 2.24) is 24.4 Å². The Morgan fingerprint density at radius 1 is 1.02 bits per heavy atom. The van der Waals surface area contributed by atoms with E-state index < -0.39 is 4.92 Å². The van der Waals surface area contributed by atoms with Crippen LogP contribution in [0.2, 0.25) is 0 Å². The Balaban J connectivity index is 1.43. The smallest absolute Gasteiger partial charge is 0.311 e. The van der Waals surface area contributed by atoms with Gasteiger partial charge in [-0.3, -0.25) is 14.9 Å². The molecule has 0 radical (unpaired) electrons. The van der Waals surface area contributed by atoms with E-state index in [1.165, 1.54) is 35.1 Å². The van der Waals surface area contributed by atoms with Crippen LogP contribution < -0.4 is 19.6 Å². The van der Waals surface area contributed by atoms with Gasteiger partial charge in [-0.25, -0.2) is 4.68 Å². The summed E-state index contributed by atoms with van der Waals surface area (Å²) in [5, 5.41) is 20.9. The van der Waals surface area contributed by atoms with Gasteiger partial charge in [-0.15, -0.1) is 5.10 Å². The van der Waals surface area contributed by atoms with Gasteiger partial charge in [0, 0.05) is 29.0 Å². The Morgan fingerprint density at radius 2 is 1.79 bits per heavy atom. The van der Waals surface area contributed by atoms with Gasteiger partial charge in [0.1, 0.15) is 11.4 Å². The third kappa shape index (κ3) is 5.10. The van der Waals surface area contributed by atoms with Crippen molar-refractivity contribution < 1.29 is 14.4 Å². The van der Waals surface area contributed by atoms with E-state index in [1.54, 1.807) is 23.0 Å². The Bertz CT molecular complexity index is 2020. The summed E-state index contributed by atoms with van der Waals surface area (Å²) in [6.07, 6.45) is 4.41. The molecule has 0 fully saturated rings. The molecule has 0 bridgehead atoms. The molecule has 11 nitrogen and oxygen atoms in total. The second-order valence-electron chi connectivity index (χ2n) is 9.28. The van der Waals surface area contributed by atoms with Gasteiger partial charge in [-0.2, -0.15) is 14.6 Å². The van der Waals surface area contributed by atoms with E-state index in [0.29, 0.717) is 38.7 Å². The molecule has 0 aliphatic rings. The van der Waals surface area contributed by atoms with Crippen molar-refractivity contribution in [2.24, 2.45) is 0 Å². The summed E-state index contributed by atoms with van der Waals surface area (Å²) >= 11 is 1.20. The van der Waals surface area contributed by atoms with E-state index in [-0.39, 0.29) is 17.0 Å². The number of nitro groups is 1. The van der Waals surface area contributed by atoms with Crippen LogP contribution in [-0.4, -0.2) is 43.0 Å². The molecular weight excluding hydrogens is 556 g/mol. The van der Waals surface area contributed by atoms with E-state index >= 15 is 0 Å². The molecule has 0 unspecified atom stereocenters. The van der Waals surface area contributed by atoms with Crippen LogP contribution >= 0.6 is 11.3 Å². The van der Waals surface area contributed by atoms with E-state index in [2.05, 4.69) is 10.1 Å². The lowest BCUT2D eigenvalue weighted by Gasteiger charge is -2.04. The lowest BCUT2D eigenvalue weighted by atomic mass is 10.1. The number of thiazole rings is 1. The van der Waals surface area contributed by atoms with Crippen LogP contribution in [0.4, 0.5) is 5.69 Å². The Hall–Kier alpha value is -5.36. The molecule has 0 saturated carbocycles. The number of ether oxygens (including phenoxy) is 2. The zero-order valence-corrected chi connectivity index (χ0v) is 23.4. The molecule has 3 aromatic heterocycles. The maximum atomic E-state index is 13.4. The number of hydrogen-bond acceptors (Lipinski definition) is 9. The summed E-state index contributed by atoms with van der Waals surface area (Å²) < 4.78 is 14.2. The van der Waals surface area contributed by atoms with Gasteiger partial charge in [0.2, 0.25) is 4.96 Å². The molecule has 0 saturated heterocycles. The highest BCUT2D eigenvalue weighted by Crippen LogP contribution is 2.33. The molecule has 6 rings (SSSR count). The molecule has 210 valence electrons. The highest BCUT2D eigenvalue weighted by Gasteiger charge is 2.20. The van der Waals surface area contributed by atoms with E-state index in [0.717, 1.165) is 23.4 Å². The predicted octanol–water partition coefficient (Wildman–Crippen LogP) is 4.92. The minimum atomic E-state index is -0.501. The van der Waals surface area contributed by atoms with Crippen molar-refractivity contribution >= 4 is 28.1 Å². The minimum Gasteiger partial charge on any atom is -0.494 e. The lowest BCUT2D eigenvalue weighted by Crippen LogP contribution is -2.23. The summed E-state index contributed by atoms with van der Waals surface area (Å²) in [7, 11) is 1.38. The average molecular weight is 581 g/mol. The van der Waals surface area contributed by atoms with Crippen LogP contribution in [-0.2, 0) is 0 Å². The van der Waals surface area contributed by atoms with Crippen molar-refractivity contribution in [3.63, 3.8) is 0 Å². The molecule has 0 N–H and O–H groups in total. The number of benzene rings is 3. The number of nitro benzene ring substituents is 1. The van der Waals surface area contributed by atoms with E-state index in [4.69, 9.17) is 14.6 Å². The second-order valence-corrected chi connectivity index (χ2v) is 10.3. The third-order valence-corrected chi connectivity index (χ3v) is 7.43. The molecular formula is C30H24N6O5S. The van der Waals surface area contributed by atoms with Crippen LogP contribution in [0.25, 0.3) is 39.4 Å². The number of para-hydroxylation sites is 1. The normalized spacial score (nSPS) is 11.7. The van der Waals surface area contributed by atoms with Crippen molar-refractivity contribution in [2.45, 2.75) is 13.3 Å². The molecule has 3 heterocycles. The molecule has 12 heteroatoms. The standard InChI is InChI=1S/C30H24N6O5S/c1-3-15-41-23-12-9-19(10-13-23)28-31-30-35(33-28)29(37)26(42-30)17-21-18-34(22-7-5-4-6-8-22)32-27(21)20-11-14-25(40-2)24(16-20)36(38)39/h4-14,16-18H,3,15H2,1-2H3/b26-17-. The van der Waals surface area contributed by atoms with Crippen molar-refractivity contribution in [3.05, 3.63) is 110 Å². The summed E-state index contributed by atoms with van der Waals surface area (Å²) in [4.78, 5) is 29.6. The van der Waals surface area contributed by atoms with Crippen LogP contribution in [0.1, 0.15) is 18.9 Å². The highest BCUT2D eigenvalue weighted by atomic mass is 32.1. The molecule has 0 aliphatic heterocycles. The zero-order chi connectivity index (χ0) is 29.2. The number of hydrogen-bond donors (Lipinski definition) is 0.